The van der Waals surface area contributed by atoms with E-state index in [1.54, 1.807) is 6.33 Å². The predicted octanol–water partition coefficient (Wildman–Crippen LogP) is 3.02. The predicted molar refractivity (Wildman–Crippen MR) is 88.2 cm³/mol. The van der Waals surface area contributed by atoms with Gasteiger partial charge in [-0.25, -0.2) is 9.97 Å². The van der Waals surface area contributed by atoms with E-state index in [1.165, 1.54) is 22.2 Å². The van der Waals surface area contributed by atoms with Crippen molar-refractivity contribution in [3.05, 3.63) is 16.8 Å². The van der Waals surface area contributed by atoms with Crippen LogP contribution in [-0.4, -0.2) is 34.3 Å². The topological polar surface area (TPSA) is 49.2 Å². The number of fused-ring (bicyclic) bond motifs is 3. The van der Waals surface area contributed by atoms with Crippen LogP contribution in [0.1, 0.15) is 37.6 Å². The minimum Gasteiger partial charge on any atom is -0.389 e. The molecule has 0 radical (unpaired) electrons. The summed E-state index contributed by atoms with van der Waals surface area (Å²) in [5.74, 6) is 1.71. The first-order valence-electron chi connectivity index (χ1n) is 7.54. The Morgan fingerprint density at radius 1 is 1.43 bits per heavy atom. The van der Waals surface area contributed by atoms with E-state index in [1.807, 2.05) is 32.2 Å². The molecule has 1 unspecified atom stereocenters. The molecule has 1 aliphatic rings. The third kappa shape index (κ3) is 2.90. The number of nitrogens with zero attached hydrogens (tertiary/aromatic N) is 3. The molecule has 0 fully saturated rings. The fraction of sp³-hybridized carbons (Fsp3) is 0.625. The lowest BCUT2D eigenvalue weighted by atomic mass is 9.89. The molecule has 0 saturated heterocycles. The monoisotopic (exact) mass is 305 g/mol. The van der Waals surface area contributed by atoms with Crippen LogP contribution in [0.15, 0.2) is 6.33 Å². The Hall–Kier alpha value is -1.20. The smallest absolute Gasteiger partial charge is 0.140 e. The third-order valence-electron chi connectivity index (χ3n) is 4.06. The van der Waals surface area contributed by atoms with E-state index in [4.69, 9.17) is 0 Å². The van der Waals surface area contributed by atoms with Gasteiger partial charge in [0.05, 0.1) is 11.0 Å². The molecular weight excluding hydrogens is 282 g/mol. The second-order valence-corrected chi connectivity index (χ2v) is 7.98. The molecule has 0 aromatic carbocycles. The summed E-state index contributed by atoms with van der Waals surface area (Å²) in [6.45, 7) is 6.53. The number of rotatable bonds is 3. The summed E-state index contributed by atoms with van der Waals surface area (Å²) in [6, 6.07) is 0. The highest BCUT2D eigenvalue weighted by Gasteiger charge is 2.25. The molecule has 114 valence electrons. The highest BCUT2D eigenvalue weighted by atomic mass is 32.1. The van der Waals surface area contributed by atoms with E-state index >= 15 is 0 Å². The van der Waals surface area contributed by atoms with Crippen LogP contribution in [0.4, 0.5) is 5.82 Å². The standard InChI is InChI=1S/C16H23N3OS/c1-10-5-6-11-12(7-10)21-15-13(11)14(17-9-18-15)19(4)8-16(2,3)20/h9-10,20H,5-8H2,1-4H3. The van der Waals surface area contributed by atoms with Gasteiger partial charge in [0.25, 0.3) is 0 Å². The Kier molecular flexibility index (Phi) is 3.66. The molecule has 0 spiro atoms. The van der Waals surface area contributed by atoms with Gasteiger partial charge in [0.2, 0.25) is 0 Å². The second-order valence-electron chi connectivity index (χ2n) is 6.90. The average molecular weight is 305 g/mol. The molecule has 2 heterocycles. The van der Waals surface area contributed by atoms with Gasteiger partial charge in [-0.05, 0) is 44.6 Å². The molecule has 21 heavy (non-hydrogen) atoms. The SMILES string of the molecule is CC1CCc2c(sc3ncnc(N(C)CC(C)(C)O)c23)C1. The zero-order chi connectivity index (χ0) is 15.2. The summed E-state index contributed by atoms with van der Waals surface area (Å²) in [7, 11) is 2.00. The Balaban J connectivity index is 2.07. The van der Waals surface area contributed by atoms with E-state index < -0.39 is 5.60 Å². The lowest BCUT2D eigenvalue weighted by molar-refractivity contribution is 0.0885. The number of aliphatic hydroxyl groups is 1. The number of aromatic nitrogens is 2. The fourth-order valence-corrected chi connectivity index (χ4v) is 4.55. The van der Waals surface area contributed by atoms with E-state index in [2.05, 4.69) is 21.8 Å². The highest BCUT2D eigenvalue weighted by molar-refractivity contribution is 7.19. The number of thiophene rings is 1. The maximum Gasteiger partial charge on any atom is 0.140 e. The van der Waals surface area contributed by atoms with Gasteiger partial charge >= 0.3 is 0 Å². The van der Waals surface area contributed by atoms with Gasteiger partial charge in [0, 0.05) is 18.5 Å². The Morgan fingerprint density at radius 3 is 2.90 bits per heavy atom. The maximum absolute atomic E-state index is 10.1. The van der Waals surface area contributed by atoms with E-state index in [-0.39, 0.29) is 0 Å². The van der Waals surface area contributed by atoms with E-state index in [0.717, 1.165) is 29.4 Å². The minimum absolute atomic E-state index is 0.556. The minimum atomic E-state index is -0.739. The molecule has 0 aliphatic heterocycles. The Labute approximate surface area is 129 Å². The quantitative estimate of drug-likeness (QED) is 0.947. The van der Waals surface area contributed by atoms with Gasteiger partial charge in [-0.15, -0.1) is 11.3 Å². The van der Waals surface area contributed by atoms with Crippen LogP contribution in [0, 0.1) is 5.92 Å². The van der Waals surface area contributed by atoms with Crippen molar-refractivity contribution in [2.24, 2.45) is 5.92 Å². The number of anilines is 1. The van der Waals surface area contributed by atoms with E-state index in [9.17, 15) is 5.11 Å². The number of hydrogen-bond acceptors (Lipinski definition) is 5. The summed E-state index contributed by atoms with van der Waals surface area (Å²) in [4.78, 5) is 13.6. The zero-order valence-corrected chi connectivity index (χ0v) is 14.0. The molecule has 0 amide bonds. The van der Waals surface area contributed by atoms with Gasteiger partial charge in [0.15, 0.2) is 0 Å². The number of aryl methyl sites for hydroxylation is 1. The summed E-state index contributed by atoms with van der Waals surface area (Å²) >= 11 is 1.81. The van der Waals surface area contributed by atoms with Gasteiger partial charge in [-0.2, -0.15) is 0 Å². The van der Waals surface area contributed by atoms with Crippen molar-refractivity contribution in [2.45, 2.75) is 45.6 Å². The molecule has 3 rings (SSSR count). The third-order valence-corrected chi connectivity index (χ3v) is 5.22. The maximum atomic E-state index is 10.1. The molecule has 1 N–H and O–H groups in total. The van der Waals surface area contributed by atoms with Crippen LogP contribution >= 0.6 is 11.3 Å². The molecule has 4 nitrogen and oxygen atoms in total. The Morgan fingerprint density at radius 2 is 2.19 bits per heavy atom. The molecular formula is C16H23N3OS. The van der Waals surface area contributed by atoms with Crippen LogP contribution in [0.25, 0.3) is 10.2 Å². The number of hydrogen-bond donors (Lipinski definition) is 1. The van der Waals surface area contributed by atoms with Gasteiger partial charge < -0.3 is 10.0 Å². The summed E-state index contributed by atoms with van der Waals surface area (Å²) in [5.41, 5.74) is 0.697. The van der Waals surface area contributed by atoms with Crippen LogP contribution < -0.4 is 4.90 Å². The molecule has 0 bridgehead atoms. The van der Waals surface area contributed by atoms with Gasteiger partial charge in [-0.1, -0.05) is 6.92 Å². The van der Waals surface area contributed by atoms with Gasteiger partial charge in [-0.3, -0.25) is 0 Å². The van der Waals surface area contributed by atoms with Crippen molar-refractivity contribution < 1.29 is 5.11 Å². The number of likely N-dealkylation sites (N-methyl/N-ethyl adjacent to an activating group) is 1. The average Bonchev–Trinajstić information content (AvgIpc) is 2.73. The molecule has 2 aromatic heterocycles. The lowest BCUT2D eigenvalue weighted by Crippen LogP contribution is -2.36. The van der Waals surface area contributed by atoms with Crippen LogP contribution in [0.5, 0.6) is 0 Å². The van der Waals surface area contributed by atoms with Crippen LogP contribution in [-0.2, 0) is 12.8 Å². The molecule has 2 aromatic rings. The second kappa shape index (κ2) is 5.21. The first-order valence-corrected chi connectivity index (χ1v) is 8.35. The van der Waals surface area contributed by atoms with Crippen LogP contribution in [0.3, 0.4) is 0 Å². The van der Waals surface area contributed by atoms with Crippen molar-refractivity contribution in [3.63, 3.8) is 0 Å². The fourth-order valence-electron chi connectivity index (χ4n) is 3.20. The molecule has 1 atom stereocenters. The summed E-state index contributed by atoms with van der Waals surface area (Å²) in [5, 5.41) is 11.3. The lowest BCUT2D eigenvalue weighted by Gasteiger charge is -2.27. The molecule has 0 saturated carbocycles. The first kappa shape index (κ1) is 14.7. The summed E-state index contributed by atoms with van der Waals surface area (Å²) < 4.78 is 0. The summed E-state index contributed by atoms with van der Waals surface area (Å²) in [6.07, 6.45) is 5.16. The Bertz CT molecular complexity index is 659. The van der Waals surface area contributed by atoms with Crippen molar-refractivity contribution in [2.75, 3.05) is 18.5 Å². The van der Waals surface area contributed by atoms with Crippen molar-refractivity contribution in [3.8, 4) is 0 Å². The van der Waals surface area contributed by atoms with Crippen molar-refractivity contribution >= 4 is 27.4 Å². The largest absolute Gasteiger partial charge is 0.389 e. The first-order chi connectivity index (χ1) is 9.85. The molecule has 5 heteroatoms. The highest BCUT2D eigenvalue weighted by Crippen LogP contribution is 2.40. The van der Waals surface area contributed by atoms with Crippen molar-refractivity contribution in [1.82, 2.24) is 9.97 Å². The van der Waals surface area contributed by atoms with Crippen LogP contribution in [0.2, 0.25) is 0 Å². The van der Waals surface area contributed by atoms with E-state index in [0.29, 0.717) is 6.54 Å². The normalized spacial score (nSPS) is 18.8. The van der Waals surface area contributed by atoms with Crippen molar-refractivity contribution in [1.29, 1.82) is 0 Å². The van der Waals surface area contributed by atoms with Gasteiger partial charge in [0.1, 0.15) is 17.0 Å². The molecule has 1 aliphatic carbocycles. The zero-order valence-electron chi connectivity index (χ0n) is 13.2.